The van der Waals surface area contributed by atoms with Crippen molar-refractivity contribution >= 4 is 35.2 Å². The molecule has 3 aromatic rings. The summed E-state index contributed by atoms with van der Waals surface area (Å²) in [6.45, 7) is 2.12. The number of rotatable bonds is 8. The second-order valence-electron chi connectivity index (χ2n) is 7.85. The summed E-state index contributed by atoms with van der Waals surface area (Å²) in [5.41, 5.74) is 2.00. The van der Waals surface area contributed by atoms with Gasteiger partial charge in [-0.2, -0.15) is 0 Å². The van der Waals surface area contributed by atoms with E-state index in [4.69, 9.17) is 4.74 Å². The van der Waals surface area contributed by atoms with Gasteiger partial charge in [0, 0.05) is 24.6 Å². The van der Waals surface area contributed by atoms with E-state index in [9.17, 15) is 19.2 Å². The van der Waals surface area contributed by atoms with Crippen molar-refractivity contribution in [2.24, 2.45) is 0 Å². The number of anilines is 2. The molecule has 1 fully saturated rings. The van der Waals surface area contributed by atoms with E-state index in [0.717, 1.165) is 10.5 Å². The summed E-state index contributed by atoms with van der Waals surface area (Å²) in [6, 6.07) is 16.9. The SMILES string of the molecule is CCOC(=O)c1ccc(NC(=O)CC2C(=O)N(c3ccccc3)C(=O)N2Cc2cccnc2)cc1. The van der Waals surface area contributed by atoms with Crippen LogP contribution >= 0.6 is 0 Å². The highest BCUT2D eigenvalue weighted by Crippen LogP contribution is 2.28. The molecule has 9 heteroatoms. The van der Waals surface area contributed by atoms with Gasteiger partial charge in [-0.3, -0.25) is 14.6 Å². The predicted octanol–water partition coefficient (Wildman–Crippen LogP) is 3.62. The minimum Gasteiger partial charge on any atom is -0.462 e. The lowest BCUT2D eigenvalue weighted by molar-refractivity contribution is -0.124. The monoisotopic (exact) mass is 472 g/mol. The number of nitrogens with zero attached hydrogens (tertiary/aromatic N) is 3. The Labute approximate surface area is 202 Å². The third-order valence-corrected chi connectivity index (χ3v) is 5.47. The molecular formula is C26H24N4O5. The van der Waals surface area contributed by atoms with Crippen LogP contribution in [0.15, 0.2) is 79.1 Å². The number of hydrogen-bond donors (Lipinski definition) is 1. The number of urea groups is 1. The van der Waals surface area contributed by atoms with E-state index in [0.29, 0.717) is 16.9 Å². The fourth-order valence-electron chi connectivity index (χ4n) is 3.81. The van der Waals surface area contributed by atoms with Gasteiger partial charge in [-0.25, -0.2) is 14.5 Å². The second kappa shape index (κ2) is 10.6. The lowest BCUT2D eigenvalue weighted by atomic mass is 10.1. The highest BCUT2D eigenvalue weighted by Gasteiger charge is 2.46. The number of hydrogen-bond acceptors (Lipinski definition) is 6. The number of aromatic nitrogens is 1. The van der Waals surface area contributed by atoms with E-state index >= 15 is 0 Å². The third kappa shape index (κ3) is 5.35. The van der Waals surface area contributed by atoms with E-state index < -0.39 is 29.9 Å². The molecule has 0 aliphatic carbocycles. The molecule has 1 aliphatic rings. The summed E-state index contributed by atoms with van der Waals surface area (Å²) in [6.07, 6.45) is 3.01. The maximum Gasteiger partial charge on any atom is 0.338 e. The van der Waals surface area contributed by atoms with Crippen molar-refractivity contribution in [2.75, 3.05) is 16.8 Å². The van der Waals surface area contributed by atoms with Gasteiger partial charge in [-0.1, -0.05) is 24.3 Å². The maximum absolute atomic E-state index is 13.3. The fourth-order valence-corrected chi connectivity index (χ4v) is 3.81. The molecule has 2 aromatic carbocycles. The Balaban J connectivity index is 1.52. The van der Waals surface area contributed by atoms with Crippen molar-refractivity contribution < 1.29 is 23.9 Å². The number of benzene rings is 2. The number of amides is 4. The van der Waals surface area contributed by atoms with E-state index in [1.54, 1.807) is 86.0 Å². The van der Waals surface area contributed by atoms with E-state index in [1.165, 1.54) is 4.90 Å². The second-order valence-corrected chi connectivity index (χ2v) is 7.85. The summed E-state index contributed by atoms with van der Waals surface area (Å²) in [5, 5.41) is 2.73. The molecule has 4 rings (SSSR count). The molecule has 1 unspecified atom stereocenters. The van der Waals surface area contributed by atoms with Crippen LogP contribution in [0.1, 0.15) is 29.3 Å². The first-order chi connectivity index (χ1) is 17.0. The first-order valence-electron chi connectivity index (χ1n) is 11.1. The van der Waals surface area contributed by atoms with Crippen LogP contribution in [0.5, 0.6) is 0 Å². The van der Waals surface area contributed by atoms with Crippen LogP contribution in [-0.4, -0.2) is 46.3 Å². The molecule has 1 aliphatic heterocycles. The number of nitrogens with one attached hydrogen (secondary N) is 1. The van der Waals surface area contributed by atoms with Crippen LogP contribution in [0, 0.1) is 0 Å². The van der Waals surface area contributed by atoms with Crippen molar-refractivity contribution in [1.29, 1.82) is 0 Å². The van der Waals surface area contributed by atoms with Gasteiger partial charge < -0.3 is 15.0 Å². The van der Waals surface area contributed by atoms with Crippen molar-refractivity contribution in [1.82, 2.24) is 9.88 Å². The normalized spacial score (nSPS) is 15.3. The predicted molar refractivity (Wildman–Crippen MR) is 129 cm³/mol. The Hall–Kier alpha value is -4.53. The molecule has 0 bridgehead atoms. The molecule has 0 saturated carbocycles. The molecule has 0 spiro atoms. The fraction of sp³-hybridized carbons (Fsp3) is 0.192. The van der Waals surface area contributed by atoms with Crippen molar-refractivity contribution in [3.8, 4) is 0 Å². The van der Waals surface area contributed by atoms with Crippen LogP contribution in [-0.2, 0) is 20.9 Å². The summed E-state index contributed by atoms with van der Waals surface area (Å²) < 4.78 is 4.96. The van der Waals surface area contributed by atoms with Gasteiger partial charge in [-0.05, 0) is 55.0 Å². The van der Waals surface area contributed by atoms with Crippen molar-refractivity contribution in [3.63, 3.8) is 0 Å². The van der Waals surface area contributed by atoms with Gasteiger partial charge in [-0.15, -0.1) is 0 Å². The summed E-state index contributed by atoms with van der Waals surface area (Å²) in [5.74, 6) is -1.36. The zero-order valence-corrected chi connectivity index (χ0v) is 19.1. The summed E-state index contributed by atoms with van der Waals surface area (Å²) in [7, 11) is 0. The highest BCUT2D eigenvalue weighted by molar-refractivity contribution is 6.22. The zero-order chi connectivity index (χ0) is 24.8. The van der Waals surface area contributed by atoms with Gasteiger partial charge in [0.2, 0.25) is 5.91 Å². The first kappa shape index (κ1) is 23.6. The van der Waals surface area contributed by atoms with E-state index in [-0.39, 0.29) is 19.6 Å². The van der Waals surface area contributed by atoms with Gasteiger partial charge in [0.15, 0.2) is 0 Å². The average Bonchev–Trinajstić information content (AvgIpc) is 3.09. The lowest BCUT2D eigenvalue weighted by Gasteiger charge is -2.21. The van der Waals surface area contributed by atoms with Gasteiger partial charge in [0.05, 0.1) is 24.3 Å². The Bertz CT molecular complexity index is 1220. The molecule has 35 heavy (non-hydrogen) atoms. The lowest BCUT2D eigenvalue weighted by Crippen LogP contribution is -2.37. The number of ether oxygens (including phenoxy) is 1. The maximum atomic E-state index is 13.3. The molecule has 0 radical (unpaired) electrons. The van der Waals surface area contributed by atoms with Crippen LogP contribution in [0.3, 0.4) is 0 Å². The standard InChI is InChI=1S/C26H24N4O5/c1-2-35-25(33)19-10-12-20(13-11-19)28-23(31)15-22-24(32)30(21-8-4-3-5-9-21)26(34)29(22)17-18-7-6-14-27-16-18/h3-14,16,22H,2,15,17H2,1H3,(H,28,31). The zero-order valence-electron chi connectivity index (χ0n) is 19.1. The van der Waals surface area contributed by atoms with E-state index in [2.05, 4.69) is 10.3 Å². The average molecular weight is 473 g/mol. The van der Waals surface area contributed by atoms with Gasteiger partial charge >= 0.3 is 12.0 Å². The van der Waals surface area contributed by atoms with Crippen LogP contribution in [0.2, 0.25) is 0 Å². The summed E-state index contributed by atoms with van der Waals surface area (Å²) in [4.78, 5) is 57.8. The Morgan fingerprint density at radius 3 is 2.40 bits per heavy atom. The molecule has 1 atom stereocenters. The Morgan fingerprint density at radius 2 is 1.74 bits per heavy atom. The number of imide groups is 1. The largest absolute Gasteiger partial charge is 0.462 e. The Morgan fingerprint density at radius 1 is 1.00 bits per heavy atom. The molecule has 9 nitrogen and oxygen atoms in total. The summed E-state index contributed by atoms with van der Waals surface area (Å²) >= 11 is 0. The van der Waals surface area contributed by atoms with Crippen LogP contribution < -0.4 is 10.2 Å². The van der Waals surface area contributed by atoms with Gasteiger partial charge in [0.1, 0.15) is 6.04 Å². The molecule has 4 amide bonds. The van der Waals surface area contributed by atoms with Crippen molar-refractivity contribution in [3.05, 3.63) is 90.3 Å². The first-order valence-corrected chi connectivity index (χ1v) is 11.1. The van der Waals surface area contributed by atoms with Crippen molar-refractivity contribution in [2.45, 2.75) is 25.9 Å². The Kier molecular flexibility index (Phi) is 7.15. The number of carbonyl (C=O) groups excluding carboxylic acids is 4. The molecule has 2 heterocycles. The van der Waals surface area contributed by atoms with E-state index in [1.807, 2.05) is 0 Å². The topological polar surface area (TPSA) is 109 Å². The number of esters is 1. The number of carbonyl (C=O) groups is 4. The third-order valence-electron chi connectivity index (χ3n) is 5.47. The molecular weight excluding hydrogens is 448 g/mol. The van der Waals surface area contributed by atoms with Crippen LogP contribution in [0.25, 0.3) is 0 Å². The minimum absolute atomic E-state index is 0.133. The molecule has 178 valence electrons. The molecule has 1 aromatic heterocycles. The number of pyridine rings is 1. The quantitative estimate of drug-likeness (QED) is 0.396. The number of para-hydroxylation sites is 1. The van der Waals surface area contributed by atoms with Gasteiger partial charge in [0.25, 0.3) is 5.91 Å². The smallest absolute Gasteiger partial charge is 0.338 e. The van der Waals surface area contributed by atoms with Crippen LogP contribution in [0.4, 0.5) is 16.2 Å². The highest BCUT2D eigenvalue weighted by atomic mass is 16.5. The molecule has 1 N–H and O–H groups in total. The minimum atomic E-state index is -0.985. The molecule has 1 saturated heterocycles.